The number of fused-ring (bicyclic) bond motifs is 2. The first-order chi connectivity index (χ1) is 37.4. The zero-order valence-corrected chi connectivity index (χ0v) is 49.0. The quantitative estimate of drug-likeness (QED) is 0.0345. The van der Waals surface area contributed by atoms with Gasteiger partial charge >= 0.3 is 393 Å². The summed E-state index contributed by atoms with van der Waals surface area (Å²) in [4.78, 5) is 55.4. The number of piperidine rings is 1. The smallest absolute Gasteiger partial charge is 0.342 e. The van der Waals surface area contributed by atoms with Crippen LogP contribution in [0.5, 0.6) is 0 Å². The van der Waals surface area contributed by atoms with Crippen molar-refractivity contribution >= 4 is 98.3 Å². The fourth-order valence-electron chi connectivity index (χ4n) is 10.6. The molecule has 1 saturated carbocycles. The molecule has 0 bridgehead atoms. The first kappa shape index (κ1) is 56.3. The summed E-state index contributed by atoms with van der Waals surface area (Å²) in [5.41, 5.74) is 7.32. The number of aliphatic hydroxyl groups excluding tert-OH is 2. The van der Waals surface area contributed by atoms with Crippen LogP contribution in [0.2, 0.25) is 20.1 Å². The first-order valence-corrected chi connectivity index (χ1v) is 29.8. The molecule has 5 atom stereocenters. The Kier molecular flexibility index (Phi) is 17.3. The molecule has 1 amide bonds. The van der Waals surface area contributed by atoms with E-state index in [1.165, 1.54) is 11.9 Å². The number of aryl methyl sites for hydroxylation is 1. The Morgan fingerprint density at radius 3 is 2.21 bits per heavy atom. The second-order valence-corrected chi connectivity index (χ2v) is 25.2. The van der Waals surface area contributed by atoms with Crippen molar-refractivity contribution in [2.24, 2.45) is 5.92 Å². The van der Waals surface area contributed by atoms with Crippen molar-refractivity contribution in [1.29, 1.82) is 0 Å². The number of hydrogen-bond acceptors (Lipinski definition) is 12. The summed E-state index contributed by atoms with van der Waals surface area (Å²) in [5, 5.41) is 24.5. The molecule has 78 heavy (non-hydrogen) atoms. The van der Waals surface area contributed by atoms with E-state index in [4.69, 9.17) is 56.1 Å². The SMILES string of the molecule is CC(C)N(C[C@H]1O[C@@H](n2cnc3c(N[I-]N[C@@H](Cc4ccccc4)C(=O)N4C/C(=C\c5ccc(Cl)c(Cl)c5)C(=O)/C(=C/c5ccc(Cl)c(Cl)c5)C4)ncnc32)C(O)C1O)C1CC(CCc2nc3ccc(C(C)(C)C)cc3[nH]2)C1. The van der Waals surface area contributed by atoms with Gasteiger partial charge in [-0.2, -0.15) is 0 Å². The number of anilines is 1. The summed E-state index contributed by atoms with van der Waals surface area (Å²) in [5.74, 6) is 1.58. The molecule has 2 aliphatic heterocycles. The summed E-state index contributed by atoms with van der Waals surface area (Å²) >= 11 is 24.0. The van der Waals surface area contributed by atoms with Crippen LogP contribution in [0.15, 0.2) is 109 Å². The molecule has 0 radical (unpaired) electrons. The Morgan fingerprint density at radius 2 is 1.56 bits per heavy atom. The summed E-state index contributed by atoms with van der Waals surface area (Å²) in [6.07, 6.45) is 6.79. The van der Waals surface area contributed by atoms with Crippen LogP contribution in [0.3, 0.4) is 0 Å². The topological polar surface area (TPSA) is 187 Å². The van der Waals surface area contributed by atoms with Crippen LogP contribution in [0.25, 0.3) is 34.3 Å². The van der Waals surface area contributed by atoms with Gasteiger partial charge in [0, 0.05) is 6.42 Å². The number of ketones is 1. The van der Waals surface area contributed by atoms with E-state index in [-0.39, 0.29) is 36.2 Å². The van der Waals surface area contributed by atoms with Gasteiger partial charge in [0.1, 0.15) is 5.82 Å². The molecule has 2 saturated heterocycles. The minimum atomic E-state index is -1.24. The molecule has 4 aromatic carbocycles. The maximum atomic E-state index is 14.9. The number of ether oxygens (including phenoxy) is 1. The number of benzene rings is 4. The van der Waals surface area contributed by atoms with Crippen LogP contribution < -0.4 is 28.8 Å². The molecule has 20 heteroatoms. The van der Waals surface area contributed by atoms with Gasteiger partial charge in [0.2, 0.25) is 0 Å². The standard InChI is InChI=1S/C58H62Cl4IN10O5/c1-32(2)72(40-21-36(22-40)13-18-49-67-45-17-14-39(58(3,4)5)26-46(45)68-49)29-48-52(75)53(76)57(78-48)73-31-66-50-54(64-30-65-55(50)73)70-63-69-47(25-33-9-7-6-8-10-33)56(77)71-27-37(19-34-11-15-41(59)43(61)23-34)51(74)38(28-71)20-35-12-16-42(60)44(62)24-35/h6-12,14-17,19-20,23-24,26,30-32,36,40,47-48,52-53,57,69,75-76H,13,18,21-22,25,27-29H2,1-5H3,(H,67,68)(H,64,65,70)/q-1/b37-19+,38-20+/t36?,40?,47-,48+,52?,53?,57+/m0/s1. The van der Waals surface area contributed by atoms with E-state index >= 15 is 0 Å². The number of Topliss-reactive ketones (excluding diaryl/α,β-unsaturated/α-hetero) is 1. The fourth-order valence-corrected chi connectivity index (χ4v) is 12.9. The van der Waals surface area contributed by atoms with Crippen molar-refractivity contribution in [1.82, 2.24) is 42.8 Å². The van der Waals surface area contributed by atoms with Gasteiger partial charge in [-0.1, -0.05) is 26.8 Å². The molecule has 10 rings (SSSR count). The predicted molar refractivity (Wildman–Crippen MR) is 304 cm³/mol. The number of aromatic amines is 1. The average molecular weight is 1250 g/mol. The van der Waals surface area contributed by atoms with Gasteiger partial charge in [0.25, 0.3) is 0 Å². The summed E-state index contributed by atoms with van der Waals surface area (Å²) in [7, 11) is 0. The van der Waals surface area contributed by atoms with Crippen molar-refractivity contribution < 1.29 is 46.3 Å². The number of amides is 1. The van der Waals surface area contributed by atoms with Crippen LogP contribution in [-0.2, 0) is 32.6 Å². The number of aromatic nitrogens is 6. The Hall–Kier alpha value is -4.99. The third kappa shape index (κ3) is 12.6. The molecule has 3 aliphatic rings. The van der Waals surface area contributed by atoms with Gasteiger partial charge in [0.15, 0.2) is 0 Å². The molecule has 2 unspecified atom stereocenters. The second kappa shape index (κ2) is 24.0. The van der Waals surface area contributed by atoms with E-state index in [1.54, 1.807) is 64.3 Å². The average Bonchev–Trinajstić information content (AvgIpc) is 4.14. The zero-order valence-electron chi connectivity index (χ0n) is 43.8. The molecule has 15 nitrogen and oxygen atoms in total. The molecule has 7 aromatic rings. The van der Waals surface area contributed by atoms with E-state index in [9.17, 15) is 19.8 Å². The number of carbonyl (C=O) groups excluding carboxylic acids is 2. The third-order valence-corrected chi connectivity index (χ3v) is 18.3. The van der Waals surface area contributed by atoms with Crippen molar-refractivity contribution in [3.05, 3.63) is 157 Å². The van der Waals surface area contributed by atoms with Crippen LogP contribution in [-0.4, -0.2) is 117 Å². The monoisotopic (exact) mass is 1250 g/mol. The number of H-pyrrole nitrogens is 1. The number of nitrogens with one attached hydrogen (secondary N) is 3. The number of carbonyl (C=O) groups is 2. The van der Waals surface area contributed by atoms with Crippen molar-refractivity contribution in [3.63, 3.8) is 0 Å². The Labute approximate surface area is 484 Å². The maximum absolute atomic E-state index is 14.9. The normalized spacial score (nSPS) is 22.4. The first-order valence-electron chi connectivity index (χ1n) is 26.1. The van der Waals surface area contributed by atoms with E-state index in [2.05, 4.69) is 84.7 Å². The van der Waals surface area contributed by atoms with E-state index in [0.717, 1.165) is 48.1 Å². The Morgan fingerprint density at radius 1 is 0.885 bits per heavy atom. The summed E-state index contributed by atoms with van der Waals surface area (Å²) in [6, 6.07) is 26.2. The van der Waals surface area contributed by atoms with Crippen molar-refractivity contribution in [2.45, 2.75) is 115 Å². The fraction of sp³-hybridized carbons (Fsp3) is 0.379. The van der Waals surface area contributed by atoms with Gasteiger partial charge in [-0.05, 0) is 35.4 Å². The minimum absolute atomic E-state index is 0.0462. The van der Waals surface area contributed by atoms with E-state index in [0.29, 0.717) is 84.3 Å². The van der Waals surface area contributed by atoms with E-state index < -0.39 is 52.3 Å². The third-order valence-electron chi connectivity index (χ3n) is 15.0. The molecule has 1 aliphatic carbocycles. The number of halogens is 5. The minimum Gasteiger partial charge on any atom is -0.342 e. The number of imidazole rings is 2. The Bertz CT molecular complexity index is 3320. The predicted octanol–water partition coefficient (Wildman–Crippen LogP) is 7.47. The van der Waals surface area contributed by atoms with Crippen LogP contribution in [0.4, 0.5) is 5.82 Å². The van der Waals surface area contributed by atoms with Gasteiger partial charge in [-0.25, -0.2) is 4.98 Å². The number of nitrogens with zero attached hydrogens (tertiary/aromatic N) is 7. The summed E-state index contributed by atoms with van der Waals surface area (Å²) in [6.45, 7) is 11.5. The van der Waals surface area contributed by atoms with Gasteiger partial charge in [0.05, 0.1) is 11.0 Å². The van der Waals surface area contributed by atoms with Crippen molar-refractivity contribution in [2.75, 3.05) is 23.2 Å². The van der Waals surface area contributed by atoms with Gasteiger partial charge in [-0.3, -0.25) is 0 Å². The molecule has 3 fully saturated rings. The van der Waals surface area contributed by atoms with Gasteiger partial charge < -0.3 is 4.98 Å². The van der Waals surface area contributed by atoms with Crippen LogP contribution in [0.1, 0.15) is 88.2 Å². The van der Waals surface area contributed by atoms with Crippen LogP contribution in [0, 0.1) is 5.92 Å². The van der Waals surface area contributed by atoms with Crippen LogP contribution >= 0.6 is 46.4 Å². The molecule has 5 heterocycles. The van der Waals surface area contributed by atoms with Gasteiger partial charge in [-0.15, -0.1) is 0 Å². The molecule has 0 spiro atoms. The molecule has 5 N–H and O–H groups in total. The number of likely N-dealkylation sites (tertiary alicyclic amines) is 1. The van der Waals surface area contributed by atoms with E-state index in [1.807, 2.05) is 30.3 Å². The molecular weight excluding hydrogens is 1190 g/mol. The number of hydrogen-bond donors (Lipinski definition) is 5. The number of aliphatic hydroxyl groups is 2. The second-order valence-electron chi connectivity index (χ2n) is 21.8. The van der Waals surface area contributed by atoms with Crippen molar-refractivity contribution in [3.8, 4) is 0 Å². The zero-order chi connectivity index (χ0) is 55.0. The molecule has 3 aromatic heterocycles. The molecule has 410 valence electrons. The number of rotatable bonds is 17. The Balaban J connectivity index is 0.803. The summed E-state index contributed by atoms with van der Waals surface area (Å²) < 4.78 is 15.1. The molecular formula is C58H62Cl4IN10O5-.